The molecule has 0 fully saturated rings. The summed E-state index contributed by atoms with van der Waals surface area (Å²) >= 11 is 0. The third-order valence-electron chi connectivity index (χ3n) is 3.64. The summed E-state index contributed by atoms with van der Waals surface area (Å²) in [7, 11) is 0. The molecule has 0 bridgehead atoms. The van der Waals surface area contributed by atoms with Gasteiger partial charge in [0.1, 0.15) is 0 Å². The van der Waals surface area contributed by atoms with Gasteiger partial charge in [0.05, 0.1) is 12.2 Å². The molecule has 4 rings (SSSR count). The average molecular weight is 308 g/mol. The number of rotatable bonds is 2. The lowest BCUT2D eigenvalue weighted by Gasteiger charge is -2.12. The van der Waals surface area contributed by atoms with Gasteiger partial charge in [-0.15, -0.1) is 0 Å². The molecule has 2 N–H and O–H groups in total. The van der Waals surface area contributed by atoms with Crippen molar-refractivity contribution in [1.29, 1.82) is 0 Å². The van der Waals surface area contributed by atoms with Gasteiger partial charge in [0, 0.05) is 42.3 Å². The van der Waals surface area contributed by atoms with Gasteiger partial charge in [0.15, 0.2) is 11.5 Å². The number of fused-ring (bicyclic) bond motifs is 1. The summed E-state index contributed by atoms with van der Waals surface area (Å²) < 4.78 is 5.24. The Morgan fingerprint density at radius 1 is 1.30 bits per heavy atom. The Kier molecular flexibility index (Phi) is 3.00. The smallest absolute Gasteiger partial charge is 0.276 e. The number of hydrogen-bond donors (Lipinski definition) is 1. The second kappa shape index (κ2) is 5.16. The maximum Gasteiger partial charge on any atom is 0.276 e. The van der Waals surface area contributed by atoms with Gasteiger partial charge in [-0.2, -0.15) is 0 Å². The summed E-state index contributed by atoms with van der Waals surface area (Å²) in [5, 5.41) is 3.86. The molecule has 0 spiro atoms. The molecule has 23 heavy (non-hydrogen) atoms. The van der Waals surface area contributed by atoms with E-state index in [1.165, 1.54) is 0 Å². The summed E-state index contributed by atoms with van der Waals surface area (Å²) in [5.41, 5.74) is 8.24. The minimum atomic E-state index is -0.222. The fourth-order valence-electron chi connectivity index (χ4n) is 2.49. The molecule has 0 aromatic carbocycles. The second-order valence-corrected chi connectivity index (χ2v) is 5.18. The second-order valence-electron chi connectivity index (χ2n) is 5.18. The van der Waals surface area contributed by atoms with Gasteiger partial charge in [0.2, 0.25) is 5.95 Å². The van der Waals surface area contributed by atoms with Crippen molar-refractivity contribution in [1.82, 2.24) is 25.0 Å². The highest BCUT2D eigenvalue weighted by atomic mass is 16.5. The van der Waals surface area contributed by atoms with E-state index < -0.39 is 0 Å². The van der Waals surface area contributed by atoms with Crippen LogP contribution in [0.15, 0.2) is 41.3 Å². The first-order chi connectivity index (χ1) is 11.2. The van der Waals surface area contributed by atoms with Crippen LogP contribution in [-0.2, 0) is 13.1 Å². The third-order valence-corrected chi connectivity index (χ3v) is 3.64. The zero-order valence-electron chi connectivity index (χ0n) is 12.0. The summed E-state index contributed by atoms with van der Waals surface area (Å²) in [6.45, 7) is 0.819. The lowest BCUT2D eigenvalue weighted by atomic mass is 10.2. The molecule has 1 amide bonds. The number of nitrogens with zero attached hydrogens (tertiary/aromatic N) is 5. The Balaban J connectivity index is 1.56. The molecule has 114 valence electrons. The molecule has 0 aliphatic carbocycles. The van der Waals surface area contributed by atoms with Crippen LogP contribution in [0.2, 0.25) is 0 Å². The van der Waals surface area contributed by atoms with Crippen LogP contribution in [0.4, 0.5) is 5.95 Å². The first kappa shape index (κ1) is 13.4. The lowest BCUT2D eigenvalue weighted by Crippen LogP contribution is -2.25. The van der Waals surface area contributed by atoms with Gasteiger partial charge in [-0.25, -0.2) is 9.97 Å². The minimum absolute atomic E-state index is 0.207. The Bertz CT molecular complexity index is 877. The van der Waals surface area contributed by atoms with Gasteiger partial charge in [-0.05, 0) is 12.1 Å². The van der Waals surface area contributed by atoms with Crippen molar-refractivity contribution in [3.05, 3.63) is 53.7 Å². The number of nitrogens with two attached hydrogens (primary N) is 1. The van der Waals surface area contributed by atoms with Gasteiger partial charge in [-0.1, -0.05) is 5.16 Å². The number of aromatic nitrogens is 4. The van der Waals surface area contributed by atoms with Gasteiger partial charge >= 0.3 is 0 Å². The molecule has 8 heteroatoms. The molecule has 0 unspecified atom stereocenters. The van der Waals surface area contributed by atoms with Crippen molar-refractivity contribution in [2.24, 2.45) is 0 Å². The van der Waals surface area contributed by atoms with Crippen LogP contribution in [0.5, 0.6) is 0 Å². The van der Waals surface area contributed by atoms with Crippen LogP contribution in [0, 0.1) is 0 Å². The number of anilines is 1. The first-order valence-electron chi connectivity index (χ1n) is 6.97. The van der Waals surface area contributed by atoms with E-state index in [9.17, 15) is 4.79 Å². The quantitative estimate of drug-likeness (QED) is 0.758. The van der Waals surface area contributed by atoms with Crippen molar-refractivity contribution in [3.8, 4) is 11.3 Å². The van der Waals surface area contributed by atoms with E-state index in [1.807, 2.05) is 6.07 Å². The highest BCUT2D eigenvalue weighted by molar-refractivity contribution is 5.93. The summed E-state index contributed by atoms with van der Waals surface area (Å²) in [6.07, 6.45) is 4.97. The number of carbonyl (C=O) groups excluding carboxylic acids is 1. The van der Waals surface area contributed by atoms with E-state index in [4.69, 9.17) is 10.3 Å². The zero-order chi connectivity index (χ0) is 15.8. The van der Waals surface area contributed by atoms with E-state index >= 15 is 0 Å². The summed E-state index contributed by atoms with van der Waals surface area (Å²) in [6, 6.07) is 5.24. The first-order valence-corrected chi connectivity index (χ1v) is 6.97. The van der Waals surface area contributed by atoms with Crippen LogP contribution >= 0.6 is 0 Å². The molecule has 1 aliphatic rings. The summed E-state index contributed by atoms with van der Waals surface area (Å²) in [4.78, 5) is 26.3. The molecule has 0 atom stereocenters. The fourth-order valence-corrected chi connectivity index (χ4v) is 2.49. The molecule has 0 saturated carbocycles. The highest BCUT2D eigenvalue weighted by Gasteiger charge is 2.28. The molecule has 0 saturated heterocycles. The maximum atomic E-state index is 12.6. The molecule has 3 aromatic heterocycles. The van der Waals surface area contributed by atoms with Crippen molar-refractivity contribution < 1.29 is 9.32 Å². The maximum absolute atomic E-state index is 12.6. The largest absolute Gasteiger partial charge is 0.368 e. The Labute approximate surface area is 131 Å². The average Bonchev–Trinajstić information content (AvgIpc) is 3.21. The Morgan fingerprint density at radius 2 is 2.22 bits per heavy atom. The van der Waals surface area contributed by atoms with E-state index in [0.717, 1.165) is 16.8 Å². The van der Waals surface area contributed by atoms with Crippen LogP contribution in [0.3, 0.4) is 0 Å². The molecule has 4 heterocycles. The van der Waals surface area contributed by atoms with Crippen molar-refractivity contribution >= 4 is 11.9 Å². The number of carbonyl (C=O) groups is 1. The third kappa shape index (κ3) is 2.39. The van der Waals surface area contributed by atoms with Gasteiger partial charge in [-0.3, -0.25) is 9.78 Å². The van der Waals surface area contributed by atoms with Gasteiger partial charge in [0.25, 0.3) is 5.91 Å². The minimum Gasteiger partial charge on any atom is -0.368 e. The lowest BCUT2D eigenvalue weighted by molar-refractivity contribution is 0.0740. The molecule has 8 nitrogen and oxygen atoms in total. The summed E-state index contributed by atoms with van der Waals surface area (Å²) in [5.74, 6) is 0.487. The predicted molar refractivity (Wildman–Crippen MR) is 79.8 cm³/mol. The van der Waals surface area contributed by atoms with Crippen molar-refractivity contribution in [2.45, 2.75) is 13.1 Å². The SMILES string of the molecule is Nc1ncc2c(n1)CN(C(=O)c1cc(-c3cccnc3)on1)C2. The van der Waals surface area contributed by atoms with Crippen molar-refractivity contribution in [3.63, 3.8) is 0 Å². The van der Waals surface area contributed by atoms with Gasteiger partial charge < -0.3 is 15.2 Å². The van der Waals surface area contributed by atoms with Crippen LogP contribution in [0.25, 0.3) is 11.3 Å². The number of amides is 1. The normalized spacial score (nSPS) is 13.1. The zero-order valence-corrected chi connectivity index (χ0v) is 12.0. The van der Waals surface area contributed by atoms with E-state index in [1.54, 1.807) is 35.6 Å². The molecular formula is C15H12N6O2. The number of pyridine rings is 1. The molecule has 0 radical (unpaired) electrons. The van der Waals surface area contributed by atoms with Crippen molar-refractivity contribution in [2.75, 3.05) is 5.73 Å². The Morgan fingerprint density at radius 3 is 3.04 bits per heavy atom. The van der Waals surface area contributed by atoms with E-state index in [2.05, 4.69) is 20.1 Å². The standard InChI is InChI=1S/C15H12N6O2/c16-15-18-6-10-7-21(8-12(10)19-15)14(22)11-4-13(23-20-11)9-2-1-3-17-5-9/h1-6H,7-8H2,(H2,16,18,19). The predicted octanol–water partition coefficient (Wildman–Crippen LogP) is 1.26. The van der Waals surface area contributed by atoms with E-state index in [0.29, 0.717) is 18.8 Å². The molecular weight excluding hydrogens is 296 g/mol. The van der Waals surface area contributed by atoms with Crippen LogP contribution in [0.1, 0.15) is 21.7 Å². The Hall–Kier alpha value is -3.29. The van der Waals surface area contributed by atoms with E-state index in [-0.39, 0.29) is 17.5 Å². The molecule has 3 aromatic rings. The number of nitrogen functional groups attached to an aromatic ring is 1. The topological polar surface area (TPSA) is 111 Å². The monoisotopic (exact) mass is 308 g/mol. The molecule has 1 aliphatic heterocycles. The number of hydrogen-bond acceptors (Lipinski definition) is 7. The van der Waals surface area contributed by atoms with Crippen LogP contribution < -0.4 is 5.73 Å². The van der Waals surface area contributed by atoms with Crippen LogP contribution in [-0.4, -0.2) is 30.9 Å². The fraction of sp³-hybridized carbons (Fsp3) is 0.133. The highest BCUT2D eigenvalue weighted by Crippen LogP contribution is 2.24.